The number of aromatic nitrogens is 4. The summed E-state index contributed by atoms with van der Waals surface area (Å²) in [7, 11) is 9.08. The summed E-state index contributed by atoms with van der Waals surface area (Å²) in [5, 5.41) is 12.5. The van der Waals surface area contributed by atoms with E-state index >= 15 is 0 Å². The lowest BCUT2D eigenvalue weighted by molar-refractivity contribution is 0.0942. The quantitative estimate of drug-likeness (QED) is 0.162. The third-order valence-electron chi connectivity index (χ3n) is 8.03. The van der Waals surface area contributed by atoms with Gasteiger partial charge in [0.15, 0.2) is 5.69 Å². The minimum absolute atomic E-state index is 0.151. The second-order valence-electron chi connectivity index (χ2n) is 12.1. The van der Waals surface area contributed by atoms with Crippen LogP contribution in [0.2, 0.25) is 5.02 Å². The zero-order valence-corrected chi connectivity index (χ0v) is 29.3. The molecule has 1 aliphatic rings. The molecule has 48 heavy (non-hydrogen) atoms. The van der Waals surface area contributed by atoms with Crippen LogP contribution in [0.25, 0.3) is 0 Å². The molecule has 0 radical (unpaired) electrons. The lowest BCUT2D eigenvalue weighted by Crippen LogP contribution is -2.28. The van der Waals surface area contributed by atoms with Gasteiger partial charge in [-0.2, -0.15) is 4.37 Å². The Kier molecular flexibility index (Phi) is 10.9. The highest BCUT2D eigenvalue weighted by molar-refractivity contribution is 7.11. The molecule has 256 valence electrons. The molecule has 16 heteroatoms. The van der Waals surface area contributed by atoms with Gasteiger partial charge in [0.05, 0.1) is 17.1 Å². The van der Waals surface area contributed by atoms with E-state index in [4.69, 9.17) is 11.6 Å². The van der Waals surface area contributed by atoms with Gasteiger partial charge < -0.3 is 44.8 Å². The molecule has 4 aromatic rings. The molecule has 14 nitrogen and oxygen atoms in total. The van der Waals surface area contributed by atoms with E-state index in [1.54, 1.807) is 71.6 Å². The molecule has 5 rings (SSSR count). The number of nitrogens with zero attached hydrogens (tertiary/aromatic N) is 6. The third kappa shape index (κ3) is 8.09. The standard InChI is InChI=1S/C32H41ClN10O4S/c1-39(2)11-9-10-34-28(44)23-14-20(17-40(23)3)35-29(45)24-15-21(18-41(24)4)36-30(46)25-16-22(19-42(25)5)37-31(47)27-26(33)32(48-38-27)43-12-7-6-8-13-43/h14-19H,6-13H2,1-5H3,(H,34,44)(H,35,45)(H,36,46)(H,37,47). The zero-order chi connectivity index (χ0) is 34.5. The van der Waals surface area contributed by atoms with Crippen LogP contribution in [0.4, 0.5) is 22.1 Å². The smallest absolute Gasteiger partial charge is 0.277 e. The van der Waals surface area contributed by atoms with E-state index in [9.17, 15) is 19.2 Å². The molecular weight excluding hydrogens is 656 g/mol. The van der Waals surface area contributed by atoms with Gasteiger partial charge in [0.2, 0.25) is 0 Å². The number of hydrogen-bond donors (Lipinski definition) is 4. The first-order valence-corrected chi connectivity index (χ1v) is 16.8. The number of rotatable bonds is 12. The summed E-state index contributed by atoms with van der Waals surface area (Å²) in [5.74, 6) is -1.52. The third-order valence-corrected chi connectivity index (χ3v) is 9.41. The SMILES string of the molecule is CN(C)CCCNC(=O)c1cc(NC(=O)c2cc(NC(=O)c3cc(NC(=O)c4nsc(N5CCCCC5)c4Cl)cn3C)cn2C)cn1C. The fourth-order valence-electron chi connectivity index (χ4n) is 5.55. The summed E-state index contributed by atoms with van der Waals surface area (Å²) >= 11 is 7.77. The number of piperidine rings is 1. The van der Waals surface area contributed by atoms with Crippen LogP contribution in [0, 0.1) is 0 Å². The Balaban J connectivity index is 1.18. The molecule has 4 N–H and O–H groups in total. The van der Waals surface area contributed by atoms with E-state index in [2.05, 4.69) is 35.4 Å². The fourth-order valence-corrected chi connectivity index (χ4v) is 6.78. The molecule has 0 bridgehead atoms. The van der Waals surface area contributed by atoms with E-state index in [1.807, 2.05) is 14.1 Å². The van der Waals surface area contributed by atoms with Gasteiger partial charge in [-0.05, 0) is 76.1 Å². The highest BCUT2D eigenvalue weighted by atomic mass is 35.5. The molecule has 4 aromatic heterocycles. The van der Waals surface area contributed by atoms with Gasteiger partial charge in [0, 0.05) is 59.4 Å². The van der Waals surface area contributed by atoms with E-state index in [-0.39, 0.29) is 17.3 Å². The normalized spacial score (nSPS) is 13.1. The number of halogens is 1. The molecule has 0 atom stereocenters. The largest absolute Gasteiger partial charge is 0.361 e. The Labute approximate surface area is 288 Å². The summed E-state index contributed by atoms with van der Waals surface area (Å²) in [4.78, 5) is 56.2. The van der Waals surface area contributed by atoms with E-state index in [1.165, 1.54) is 18.0 Å². The van der Waals surface area contributed by atoms with Gasteiger partial charge in [-0.15, -0.1) is 0 Å². The van der Waals surface area contributed by atoms with Gasteiger partial charge in [-0.25, -0.2) is 0 Å². The van der Waals surface area contributed by atoms with Crippen LogP contribution in [0.5, 0.6) is 0 Å². The minimum Gasteiger partial charge on any atom is -0.361 e. The van der Waals surface area contributed by atoms with Crippen LogP contribution in [-0.4, -0.2) is 86.9 Å². The van der Waals surface area contributed by atoms with Crippen LogP contribution in [0.15, 0.2) is 36.8 Å². The van der Waals surface area contributed by atoms with Crippen molar-refractivity contribution in [2.24, 2.45) is 21.1 Å². The number of aryl methyl sites for hydroxylation is 3. The number of carbonyl (C=O) groups is 4. The number of hydrogen-bond acceptors (Lipinski definition) is 8. The molecule has 1 aliphatic heterocycles. The summed E-state index contributed by atoms with van der Waals surface area (Å²) in [6, 6.07) is 4.73. The van der Waals surface area contributed by atoms with Crippen LogP contribution in [0.1, 0.15) is 67.6 Å². The van der Waals surface area contributed by atoms with Crippen molar-refractivity contribution >= 4 is 68.8 Å². The lowest BCUT2D eigenvalue weighted by atomic mass is 10.1. The first kappa shape index (κ1) is 34.7. The van der Waals surface area contributed by atoms with Crippen molar-refractivity contribution < 1.29 is 19.2 Å². The maximum absolute atomic E-state index is 13.2. The molecular formula is C32H41ClN10O4S. The summed E-state index contributed by atoms with van der Waals surface area (Å²) in [5.41, 5.74) is 2.44. The van der Waals surface area contributed by atoms with Crippen LogP contribution in [-0.2, 0) is 21.1 Å². The molecule has 0 saturated carbocycles. The molecule has 0 aromatic carbocycles. The highest BCUT2D eigenvalue weighted by Gasteiger charge is 2.25. The number of anilines is 4. The maximum atomic E-state index is 13.2. The molecule has 5 heterocycles. The van der Waals surface area contributed by atoms with Crippen molar-refractivity contribution in [1.29, 1.82) is 0 Å². The van der Waals surface area contributed by atoms with Crippen LogP contribution < -0.4 is 26.2 Å². The Morgan fingerprint density at radius 3 is 1.75 bits per heavy atom. The fraction of sp³-hybridized carbons (Fsp3) is 0.406. The molecule has 0 unspecified atom stereocenters. The monoisotopic (exact) mass is 696 g/mol. The summed E-state index contributed by atoms with van der Waals surface area (Å²) in [6.07, 6.45) is 9.08. The number of amides is 4. The van der Waals surface area contributed by atoms with Crippen molar-refractivity contribution in [2.75, 3.05) is 61.1 Å². The van der Waals surface area contributed by atoms with E-state index in [0.717, 1.165) is 43.9 Å². The second kappa shape index (κ2) is 15.1. The molecule has 1 fully saturated rings. The Hall–Kier alpha value is -4.60. The van der Waals surface area contributed by atoms with Gasteiger partial charge in [-0.3, -0.25) is 19.2 Å². The number of carbonyl (C=O) groups excluding carboxylic acids is 4. The van der Waals surface area contributed by atoms with Gasteiger partial charge in [0.25, 0.3) is 23.6 Å². The average Bonchev–Trinajstić information content (AvgIpc) is 3.80. The Bertz CT molecular complexity index is 1810. The predicted octanol–water partition coefficient (Wildman–Crippen LogP) is 4.24. The Morgan fingerprint density at radius 2 is 1.25 bits per heavy atom. The highest BCUT2D eigenvalue weighted by Crippen LogP contribution is 2.35. The minimum atomic E-state index is -0.457. The maximum Gasteiger partial charge on any atom is 0.277 e. The van der Waals surface area contributed by atoms with Crippen molar-refractivity contribution in [3.05, 3.63) is 64.6 Å². The topological polar surface area (TPSA) is 151 Å². The molecule has 0 aliphatic carbocycles. The van der Waals surface area contributed by atoms with Gasteiger partial charge >= 0.3 is 0 Å². The molecule has 0 spiro atoms. The van der Waals surface area contributed by atoms with Crippen LogP contribution in [0.3, 0.4) is 0 Å². The average molecular weight is 697 g/mol. The second-order valence-corrected chi connectivity index (χ2v) is 13.3. The first-order valence-electron chi connectivity index (χ1n) is 15.7. The van der Waals surface area contributed by atoms with E-state index < -0.39 is 17.7 Å². The van der Waals surface area contributed by atoms with Crippen LogP contribution >= 0.6 is 23.1 Å². The summed E-state index contributed by atoms with van der Waals surface area (Å²) < 4.78 is 9.15. The molecule has 4 amide bonds. The zero-order valence-electron chi connectivity index (χ0n) is 27.7. The van der Waals surface area contributed by atoms with Crippen molar-refractivity contribution in [2.45, 2.75) is 25.7 Å². The van der Waals surface area contributed by atoms with Gasteiger partial charge in [0.1, 0.15) is 27.1 Å². The lowest BCUT2D eigenvalue weighted by Gasteiger charge is -2.27. The van der Waals surface area contributed by atoms with Crippen molar-refractivity contribution in [3.8, 4) is 0 Å². The van der Waals surface area contributed by atoms with E-state index in [0.29, 0.717) is 40.0 Å². The van der Waals surface area contributed by atoms with Gasteiger partial charge in [-0.1, -0.05) is 11.6 Å². The van der Waals surface area contributed by atoms with Crippen molar-refractivity contribution in [1.82, 2.24) is 28.3 Å². The number of nitrogens with one attached hydrogen (secondary N) is 4. The first-order chi connectivity index (χ1) is 22.9. The predicted molar refractivity (Wildman–Crippen MR) is 189 cm³/mol. The summed E-state index contributed by atoms with van der Waals surface area (Å²) in [6.45, 7) is 3.18. The van der Waals surface area contributed by atoms with Crippen molar-refractivity contribution in [3.63, 3.8) is 0 Å². The molecule has 1 saturated heterocycles. The Morgan fingerprint density at radius 1 is 0.771 bits per heavy atom.